The Balaban J connectivity index is 1.68. The fraction of sp³-hybridized carbons (Fsp3) is 0.391. The predicted molar refractivity (Wildman–Crippen MR) is 111 cm³/mol. The molecule has 1 saturated carbocycles. The second kappa shape index (κ2) is 10.3. The Labute approximate surface area is 179 Å². The first kappa shape index (κ1) is 22.6. The van der Waals surface area contributed by atoms with Gasteiger partial charge in [-0.15, -0.1) is 0 Å². The summed E-state index contributed by atoms with van der Waals surface area (Å²) in [5.74, 6) is -0.987. The highest BCUT2D eigenvalue weighted by Crippen LogP contribution is 2.35. The van der Waals surface area contributed by atoms with Crippen molar-refractivity contribution in [2.75, 3.05) is 0 Å². The second-order valence-electron chi connectivity index (χ2n) is 7.65. The van der Waals surface area contributed by atoms with E-state index in [9.17, 15) is 19.1 Å². The van der Waals surface area contributed by atoms with E-state index in [0.29, 0.717) is 25.0 Å². The molecule has 3 rings (SSSR count). The molecule has 1 aliphatic rings. The predicted octanol–water partition coefficient (Wildman–Crippen LogP) is 3.57. The van der Waals surface area contributed by atoms with Gasteiger partial charge in [-0.05, 0) is 50.5 Å². The van der Waals surface area contributed by atoms with Crippen molar-refractivity contribution < 1.29 is 33.7 Å². The molecule has 7 nitrogen and oxygen atoms in total. The number of benzene rings is 2. The molecule has 0 heterocycles. The Kier molecular flexibility index (Phi) is 7.46. The first-order valence-electron chi connectivity index (χ1n) is 10.2. The smallest absolute Gasteiger partial charge is 0.303 e. The lowest BCUT2D eigenvalue weighted by molar-refractivity contribution is -0.139. The highest BCUT2D eigenvalue weighted by atomic mass is 19.1. The van der Waals surface area contributed by atoms with Crippen molar-refractivity contribution in [2.24, 2.45) is 0 Å². The summed E-state index contributed by atoms with van der Waals surface area (Å²) in [6.45, 7) is 1.95. The third kappa shape index (κ3) is 6.42. The molecular formula is C23H26FNO6. The third-order valence-corrected chi connectivity index (χ3v) is 5.14. The molecule has 3 atom stereocenters. The van der Waals surface area contributed by atoms with Crippen molar-refractivity contribution in [2.45, 2.75) is 57.3 Å². The lowest BCUT2D eigenvalue weighted by Gasteiger charge is -2.35. The Morgan fingerprint density at radius 2 is 1.84 bits per heavy atom. The first-order chi connectivity index (χ1) is 14.8. The van der Waals surface area contributed by atoms with E-state index in [2.05, 4.69) is 5.32 Å². The van der Waals surface area contributed by atoms with Crippen LogP contribution in [-0.2, 0) is 9.59 Å². The van der Waals surface area contributed by atoms with Gasteiger partial charge in [-0.1, -0.05) is 17.7 Å². The number of carboxylic acid groups (broad SMARTS) is 1. The van der Waals surface area contributed by atoms with E-state index < -0.39 is 35.9 Å². The maximum Gasteiger partial charge on any atom is 0.303 e. The lowest BCUT2D eigenvalue weighted by atomic mass is 9.89. The number of hydrogen-bond donors (Lipinski definition) is 3. The Morgan fingerprint density at radius 1 is 1.10 bits per heavy atom. The zero-order valence-electron chi connectivity index (χ0n) is 17.2. The fourth-order valence-corrected chi connectivity index (χ4v) is 3.48. The number of carboxylic acids is 1. The van der Waals surface area contributed by atoms with Crippen molar-refractivity contribution in [3.8, 4) is 17.2 Å². The van der Waals surface area contributed by atoms with Crippen molar-refractivity contribution in [3.05, 3.63) is 53.8 Å². The van der Waals surface area contributed by atoms with Crippen molar-refractivity contribution in [1.29, 1.82) is 0 Å². The van der Waals surface area contributed by atoms with Gasteiger partial charge in [0, 0.05) is 12.5 Å². The summed E-state index contributed by atoms with van der Waals surface area (Å²) in [5, 5.41) is 22.1. The second-order valence-corrected chi connectivity index (χ2v) is 7.65. The van der Waals surface area contributed by atoms with Gasteiger partial charge >= 0.3 is 5.97 Å². The number of rotatable bonds is 8. The van der Waals surface area contributed by atoms with E-state index in [4.69, 9.17) is 14.6 Å². The maximum absolute atomic E-state index is 13.8. The molecular weight excluding hydrogens is 405 g/mol. The molecule has 0 aliphatic heterocycles. The highest BCUT2D eigenvalue weighted by molar-refractivity contribution is 5.80. The number of aliphatic carboxylic acids is 1. The number of carbonyl (C=O) groups is 2. The van der Waals surface area contributed by atoms with Crippen LogP contribution in [-0.4, -0.2) is 40.3 Å². The average Bonchev–Trinajstić information content (AvgIpc) is 2.73. The SMILES string of the molecule is Cc1ccc(Oc2cc(F)ccc2O[C@@H]2CCC[C@@H](NC(=O)CCC(=O)O)[C@H]2O)cc1. The van der Waals surface area contributed by atoms with E-state index in [1.807, 2.05) is 19.1 Å². The van der Waals surface area contributed by atoms with E-state index >= 15 is 0 Å². The summed E-state index contributed by atoms with van der Waals surface area (Å²) in [4.78, 5) is 22.6. The van der Waals surface area contributed by atoms with Crippen LogP contribution < -0.4 is 14.8 Å². The van der Waals surface area contributed by atoms with Crippen molar-refractivity contribution >= 4 is 11.9 Å². The maximum atomic E-state index is 13.8. The fourth-order valence-electron chi connectivity index (χ4n) is 3.48. The number of hydrogen-bond acceptors (Lipinski definition) is 5. The third-order valence-electron chi connectivity index (χ3n) is 5.14. The van der Waals surface area contributed by atoms with Crippen LogP contribution in [0.5, 0.6) is 17.2 Å². The molecule has 1 amide bonds. The molecule has 0 bridgehead atoms. The van der Waals surface area contributed by atoms with E-state index in [-0.39, 0.29) is 24.3 Å². The van der Waals surface area contributed by atoms with Gasteiger partial charge in [0.2, 0.25) is 5.91 Å². The van der Waals surface area contributed by atoms with Crippen LogP contribution in [0, 0.1) is 12.7 Å². The normalized spacial score (nSPS) is 20.7. The van der Waals surface area contributed by atoms with Gasteiger partial charge < -0.3 is 25.0 Å². The van der Waals surface area contributed by atoms with Gasteiger partial charge in [-0.25, -0.2) is 4.39 Å². The highest BCUT2D eigenvalue weighted by Gasteiger charge is 2.34. The molecule has 2 aromatic carbocycles. The number of halogens is 1. The molecule has 0 saturated heterocycles. The summed E-state index contributed by atoms with van der Waals surface area (Å²) < 4.78 is 25.6. The quantitative estimate of drug-likeness (QED) is 0.590. The summed E-state index contributed by atoms with van der Waals surface area (Å²) >= 11 is 0. The summed E-state index contributed by atoms with van der Waals surface area (Å²) in [5.41, 5.74) is 1.06. The van der Waals surface area contributed by atoms with Gasteiger partial charge in [-0.3, -0.25) is 9.59 Å². The van der Waals surface area contributed by atoms with Gasteiger partial charge in [-0.2, -0.15) is 0 Å². The first-order valence-corrected chi connectivity index (χ1v) is 10.2. The standard InChI is InChI=1S/C23H26FNO6/c1-14-5-8-16(9-6-14)30-20-13-15(24)7-10-18(20)31-19-4-2-3-17(23(19)29)25-21(26)11-12-22(27)28/h5-10,13,17,19,23,29H,2-4,11-12H2,1H3,(H,25,26)(H,27,28)/t17-,19-,23-/m1/s1. The summed E-state index contributed by atoms with van der Waals surface area (Å²) in [6, 6.07) is 10.6. The van der Waals surface area contributed by atoms with Crippen LogP contribution in [0.1, 0.15) is 37.7 Å². The molecule has 0 unspecified atom stereocenters. The van der Waals surface area contributed by atoms with Gasteiger partial charge in [0.25, 0.3) is 0 Å². The van der Waals surface area contributed by atoms with Crippen molar-refractivity contribution in [3.63, 3.8) is 0 Å². The Morgan fingerprint density at radius 3 is 2.55 bits per heavy atom. The largest absolute Gasteiger partial charge is 0.484 e. The Bertz CT molecular complexity index is 917. The number of aryl methyl sites for hydroxylation is 1. The average molecular weight is 431 g/mol. The van der Waals surface area contributed by atoms with Crippen LogP contribution in [0.4, 0.5) is 4.39 Å². The molecule has 166 valence electrons. The van der Waals surface area contributed by atoms with Gasteiger partial charge in [0.15, 0.2) is 11.5 Å². The number of ether oxygens (including phenoxy) is 2. The van der Waals surface area contributed by atoms with Crippen LogP contribution >= 0.6 is 0 Å². The van der Waals surface area contributed by atoms with Crippen molar-refractivity contribution in [1.82, 2.24) is 5.32 Å². The summed E-state index contributed by atoms with van der Waals surface area (Å²) in [7, 11) is 0. The molecule has 3 N–H and O–H groups in total. The lowest BCUT2D eigenvalue weighted by Crippen LogP contribution is -2.52. The molecule has 0 radical (unpaired) electrons. The zero-order chi connectivity index (χ0) is 22.4. The molecule has 1 aliphatic carbocycles. The van der Waals surface area contributed by atoms with Gasteiger partial charge in [0.05, 0.1) is 12.5 Å². The van der Waals surface area contributed by atoms with Crippen LogP contribution in [0.25, 0.3) is 0 Å². The summed E-state index contributed by atoms with van der Waals surface area (Å²) in [6.07, 6.45) is -0.273. The Hall–Kier alpha value is -3.13. The minimum atomic E-state index is -1.06. The minimum Gasteiger partial charge on any atom is -0.484 e. The van der Waals surface area contributed by atoms with E-state index in [0.717, 1.165) is 5.56 Å². The van der Waals surface area contributed by atoms with E-state index in [1.165, 1.54) is 18.2 Å². The number of nitrogens with one attached hydrogen (secondary N) is 1. The monoisotopic (exact) mass is 431 g/mol. The minimum absolute atomic E-state index is 0.156. The number of carbonyl (C=O) groups excluding carboxylic acids is 1. The van der Waals surface area contributed by atoms with Crippen LogP contribution in [0.2, 0.25) is 0 Å². The number of amides is 1. The molecule has 31 heavy (non-hydrogen) atoms. The molecule has 0 aromatic heterocycles. The van der Waals surface area contributed by atoms with Crippen LogP contribution in [0.15, 0.2) is 42.5 Å². The topological polar surface area (TPSA) is 105 Å². The van der Waals surface area contributed by atoms with Gasteiger partial charge in [0.1, 0.15) is 23.8 Å². The van der Waals surface area contributed by atoms with Crippen LogP contribution in [0.3, 0.4) is 0 Å². The molecule has 2 aromatic rings. The number of aliphatic hydroxyl groups is 1. The zero-order valence-corrected chi connectivity index (χ0v) is 17.2. The number of aliphatic hydroxyl groups excluding tert-OH is 1. The van der Waals surface area contributed by atoms with E-state index in [1.54, 1.807) is 12.1 Å². The molecule has 1 fully saturated rings. The molecule has 8 heteroatoms. The molecule has 0 spiro atoms.